The summed E-state index contributed by atoms with van der Waals surface area (Å²) in [5, 5.41) is 2.89. The molecule has 1 amide bonds. The van der Waals surface area contributed by atoms with Crippen LogP contribution in [0.15, 0.2) is 30.3 Å². The molecule has 0 radical (unpaired) electrons. The number of hydrogen-bond donors (Lipinski definition) is 1. The van der Waals surface area contributed by atoms with Crippen molar-refractivity contribution in [1.29, 1.82) is 0 Å². The van der Waals surface area contributed by atoms with Crippen LogP contribution in [0.1, 0.15) is 24.5 Å². The van der Waals surface area contributed by atoms with Crippen LogP contribution in [0.25, 0.3) is 0 Å². The van der Waals surface area contributed by atoms with Gasteiger partial charge in [0.25, 0.3) is 5.91 Å². The van der Waals surface area contributed by atoms with Gasteiger partial charge in [-0.05, 0) is 18.4 Å². The van der Waals surface area contributed by atoms with Crippen molar-refractivity contribution in [2.45, 2.75) is 25.0 Å². The zero-order valence-electron chi connectivity index (χ0n) is 10.6. The molecule has 0 aromatic heterocycles. The zero-order valence-corrected chi connectivity index (χ0v) is 10.6. The molecule has 1 aliphatic rings. The van der Waals surface area contributed by atoms with Gasteiger partial charge in [0.05, 0.1) is 6.10 Å². The minimum atomic E-state index is -0.549. The number of rotatable bonds is 5. The predicted molar refractivity (Wildman–Crippen MR) is 68.2 cm³/mol. The van der Waals surface area contributed by atoms with Crippen molar-refractivity contribution in [1.82, 2.24) is 5.32 Å². The van der Waals surface area contributed by atoms with Crippen LogP contribution in [-0.4, -0.2) is 32.3 Å². The number of hydrogen-bond acceptors (Lipinski definition) is 3. The zero-order chi connectivity index (χ0) is 12.8. The Bertz CT molecular complexity index is 374. The van der Waals surface area contributed by atoms with E-state index in [4.69, 9.17) is 9.47 Å². The lowest BCUT2D eigenvalue weighted by Crippen LogP contribution is -2.35. The van der Waals surface area contributed by atoms with Gasteiger partial charge in [0.2, 0.25) is 0 Å². The van der Waals surface area contributed by atoms with Crippen LogP contribution < -0.4 is 5.32 Å². The average Bonchev–Trinajstić information content (AvgIpc) is 2.92. The van der Waals surface area contributed by atoms with Gasteiger partial charge in [-0.15, -0.1) is 0 Å². The fourth-order valence-corrected chi connectivity index (χ4v) is 2.13. The van der Waals surface area contributed by atoms with E-state index in [9.17, 15) is 4.79 Å². The first-order chi connectivity index (χ1) is 8.81. The molecule has 1 fully saturated rings. The molecule has 0 aliphatic carbocycles. The minimum absolute atomic E-state index is 0.112. The molecule has 0 unspecified atom stereocenters. The molecule has 0 spiro atoms. The second kappa shape index (κ2) is 6.52. The van der Waals surface area contributed by atoms with E-state index in [1.807, 2.05) is 30.3 Å². The quantitative estimate of drug-likeness (QED) is 0.863. The van der Waals surface area contributed by atoms with E-state index in [-0.39, 0.29) is 12.0 Å². The predicted octanol–water partition coefficient (Wildman–Crippen LogP) is 1.67. The van der Waals surface area contributed by atoms with Gasteiger partial charge >= 0.3 is 0 Å². The second-order valence-electron chi connectivity index (χ2n) is 4.41. The molecule has 18 heavy (non-hydrogen) atoms. The highest BCUT2D eigenvalue weighted by molar-refractivity contribution is 5.82. The lowest BCUT2D eigenvalue weighted by molar-refractivity contribution is -0.131. The van der Waals surface area contributed by atoms with Gasteiger partial charge in [-0.25, -0.2) is 0 Å². The van der Waals surface area contributed by atoms with Crippen molar-refractivity contribution in [3.05, 3.63) is 35.9 Å². The third-order valence-electron chi connectivity index (χ3n) is 3.10. The largest absolute Gasteiger partial charge is 0.376 e. The maximum absolute atomic E-state index is 12.0. The van der Waals surface area contributed by atoms with Crippen molar-refractivity contribution >= 4 is 5.91 Å². The summed E-state index contributed by atoms with van der Waals surface area (Å²) in [6.07, 6.45) is 1.70. The van der Waals surface area contributed by atoms with Crippen molar-refractivity contribution < 1.29 is 14.3 Å². The maximum atomic E-state index is 12.0. The first kappa shape index (κ1) is 13.1. The molecule has 98 valence electrons. The van der Waals surface area contributed by atoms with Gasteiger partial charge in [-0.1, -0.05) is 30.3 Å². The Hall–Kier alpha value is -1.39. The summed E-state index contributed by atoms with van der Waals surface area (Å²) in [7, 11) is 1.54. The summed E-state index contributed by atoms with van der Waals surface area (Å²) in [6, 6.07) is 9.49. The lowest BCUT2D eigenvalue weighted by Gasteiger charge is -2.17. The molecule has 2 atom stereocenters. The van der Waals surface area contributed by atoms with Crippen molar-refractivity contribution in [2.24, 2.45) is 0 Å². The number of amides is 1. The average molecular weight is 249 g/mol. The van der Waals surface area contributed by atoms with Gasteiger partial charge in [0.1, 0.15) is 0 Å². The van der Waals surface area contributed by atoms with Gasteiger partial charge < -0.3 is 14.8 Å². The third-order valence-corrected chi connectivity index (χ3v) is 3.10. The summed E-state index contributed by atoms with van der Waals surface area (Å²) in [6.45, 7) is 1.36. The highest BCUT2D eigenvalue weighted by Crippen LogP contribution is 2.17. The fraction of sp³-hybridized carbons (Fsp3) is 0.500. The number of nitrogens with one attached hydrogen (secondary N) is 1. The highest BCUT2D eigenvalue weighted by Gasteiger charge is 2.22. The Morgan fingerprint density at radius 2 is 2.28 bits per heavy atom. The van der Waals surface area contributed by atoms with Crippen molar-refractivity contribution in [3.8, 4) is 0 Å². The fourth-order valence-electron chi connectivity index (χ4n) is 2.13. The van der Waals surface area contributed by atoms with Gasteiger partial charge in [-0.2, -0.15) is 0 Å². The SMILES string of the molecule is CO[C@@H](C(=O)NC[C@@H]1CCCO1)c1ccccc1. The molecule has 1 saturated heterocycles. The van der Waals surface area contributed by atoms with E-state index >= 15 is 0 Å². The molecule has 1 N–H and O–H groups in total. The van der Waals surface area contributed by atoms with Crippen LogP contribution in [0.4, 0.5) is 0 Å². The van der Waals surface area contributed by atoms with Crippen LogP contribution in [0, 0.1) is 0 Å². The first-order valence-electron chi connectivity index (χ1n) is 6.28. The van der Waals surface area contributed by atoms with Gasteiger partial charge in [0, 0.05) is 20.3 Å². The number of carbonyl (C=O) groups is 1. The lowest BCUT2D eigenvalue weighted by atomic mass is 10.1. The number of carbonyl (C=O) groups excluding carboxylic acids is 1. The summed E-state index contributed by atoms with van der Waals surface area (Å²) < 4.78 is 10.7. The number of benzene rings is 1. The molecule has 2 rings (SSSR count). The Labute approximate surface area is 107 Å². The van der Waals surface area contributed by atoms with Crippen LogP contribution in [0.2, 0.25) is 0 Å². The smallest absolute Gasteiger partial charge is 0.253 e. The molecular weight excluding hydrogens is 230 g/mol. The van der Waals surface area contributed by atoms with Crippen LogP contribution >= 0.6 is 0 Å². The summed E-state index contributed by atoms with van der Waals surface area (Å²) in [4.78, 5) is 12.0. The van der Waals surface area contributed by atoms with E-state index in [0.29, 0.717) is 6.54 Å². The number of methoxy groups -OCH3 is 1. The molecular formula is C14H19NO3. The Morgan fingerprint density at radius 1 is 1.50 bits per heavy atom. The van der Waals surface area contributed by atoms with E-state index in [1.165, 1.54) is 0 Å². The monoisotopic (exact) mass is 249 g/mol. The van der Waals surface area contributed by atoms with E-state index in [0.717, 1.165) is 25.0 Å². The molecule has 4 heteroatoms. The van der Waals surface area contributed by atoms with Crippen LogP contribution in [0.5, 0.6) is 0 Å². The molecule has 4 nitrogen and oxygen atoms in total. The van der Waals surface area contributed by atoms with Crippen LogP contribution in [-0.2, 0) is 14.3 Å². The summed E-state index contributed by atoms with van der Waals surface area (Å²) in [5.74, 6) is -0.112. The topological polar surface area (TPSA) is 47.6 Å². The molecule has 1 aromatic rings. The second-order valence-corrected chi connectivity index (χ2v) is 4.41. The van der Waals surface area contributed by atoms with E-state index < -0.39 is 6.10 Å². The first-order valence-corrected chi connectivity index (χ1v) is 6.28. The number of ether oxygens (including phenoxy) is 2. The van der Waals surface area contributed by atoms with Gasteiger partial charge in [0.15, 0.2) is 6.10 Å². The Morgan fingerprint density at radius 3 is 2.89 bits per heavy atom. The Balaban J connectivity index is 1.89. The molecule has 1 heterocycles. The van der Waals surface area contributed by atoms with Crippen molar-refractivity contribution in [3.63, 3.8) is 0 Å². The molecule has 1 aromatic carbocycles. The Kier molecular flexibility index (Phi) is 4.73. The van der Waals surface area contributed by atoms with E-state index in [1.54, 1.807) is 7.11 Å². The third kappa shape index (κ3) is 3.31. The van der Waals surface area contributed by atoms with E-state index in [2.05, 4.69) is 5.32 Å². The van der Waals surface area contributed by atoms with Crippen molar-refractivity contribution in [2.75, 3.05) is 20.3 Å². The summed E-state index contributed by atoms with van der Waals surface area (Å²) >= 11 is 0. The van der Waals surface area contributed by atoms with Gasteiger partial charge in [-0.3, -0.25) is 4.79 Å². The minimum Gasteiger partial charge on any atom is -0.376 e. The highest BCUT2D eigenvalue weighted by atomic mass is 16.5. The summed E-state index contributed by atoms with van der Waals surface area (Å²) in [5.41, 5.74) is 0.866. The maximum Gasteiger partial charge on any atom is 0.253 e. The standard InChI is InChI=1S/C14H19NO3/c1-17-13(11-6-3-2-4-7-11)14(16)15-10-12-8-5-9-18-12/h2-4,6-7,12-13H,5,8-10H2,1H3,(H,15,16)/t12-,13+/m0/s1. The normalized spacial score (nSPS) is 20.6. The molecule has 0 bridgehead atoms. The van der Waals surface area contributed by atoms with Crippen LogP contribution in [0.3, 0.4) is 0 Å². The molecule has 0 saturated carbocycles. The molecule has 1 aliphatic heterocycles.